The van der Waals surface area contributed by atoms with E-state index in [1.807, 2.05) is 36.4 Å². The van der Waals surface area contributed by atoms with Crippen molar-refractivity contribution in [1.82, 2.24) is 9.97 Å². The van der Waals surface area contributed by atoms with Gasteiger partial charge < -0.3 is 4.42 Å². The van der Waals surface area contributed by atoms with Gasteiger partial charge in [0.1, 0.15) is 11.2 Å². The molecular weight excluding hydrogens is 597 g/mol. The first-order chi connectivity index (χ1) is 24.3. The SMILES string of the molecule is c1ccc(-c2cc(-c3ccc4oc5ccccc5c4c3)cc(-c3cc(-c4ccccc4-c4ccccc4)nc(-c4ccccc4)n3)c2)cc1. The lowest BCUT2D eigenvalue weighted by molar-refractivity contribution is 0.669. The van der Waals surface area contributed by atoms with Gasteiger partial charge in [-0.1, -0.05) is 140 Å². The fourth-order valence-electron chi connectivity index (χ4n) is 6.67. The molecule has 0 radical (unpaired) electrons. The third-order valence-corrected chi connectivity index (χ3v) is 9.09. The van der Waals surface area contributed by atoms with Crippen molar-refractivity contribution in [2.75, 3.05) is 0 Å². The highest BCUT2D eigenvalue weighted by Gasteiger charge is 2.16. The second-order valence-electron chi connectivity index (χ2n) is 12.2. The number of nitrogens with zero attached hydrogens (tertiary/aromatic N) is 2. The van der Waals surface area contributed by atoms with Crippen molar-refractivity contribution in [2.24, 2.45) is 0 Å². The highest BCUT2D eigenvalue weighted by molar-refractivity contribution is 6.06. The Hall–Kier alpha value is -6.58. The zero-order chi connectivity index (χ0) is 32.6. The molecule has 0 saturated carbocycles. The maximum atomic E-state index is 6.16. The molecule has 2 heterocycles. The van der Waals surface area contributed by atoms with E-state index in [0.717, 1.165) is 83.4 Å². The van der Waals surface area contributed by atoms with Gasteiger partial charge in [-0.2, -0.15) is 0 Å². The summed E-state index contributed by atoms with van der Waals surface area (Å²) in [5.41, 5.74) is 13.3. The fourth-order valence-corrected chi connectivity index (χ4v) is 6.67. The molecule has 7 aromatic carbocycles. The van der Waals surface area contributed by atoms with Gasteiger partial charge in [-0.05, 0) is 75.8 Å². The Morgan fingerprint density at radius 3 is 1.61 bits per heavy atom. The first-order valence-electron chi connectivity index (χ1n) is 16.5. The van der Waals surface area contributed by atoms with E-state index < -0.39 is 0 Å². The van der Waals surface area contributed by atoms with E-state index in [1.54, 1.807) is 0 Å². The molecule has 0 atom stereocenters. The number of rotatable bonds is 6. The van der Waals surface area contributed by atoms with Crippen LogP contribution in [0.3, 0.4) is 0 Å². The van der Waals surface area contributed by atoms with E-state index in [-0.39, 0.29) is 0 Å². The minimum absolute atomic E-state index is 0.689. The molecule has 9 rings (SSSR count). The Morgan fingerprint density at radius 2 is 0.857 bits per heavy atom. The normalized spacial score (nSPS) is 11.3. The van der Waals surface area contributed by atoms with Crippen LogP contribution in [0.2, 0.25) is 0 Å². The first kappa shape index (κ1) is 28.6. The van der Waals surface area contributed by atoms with Crippen LogP contribution in [0, 0.1) is 0 Å². The van der Waals surface area contributed by atoms with Gasteiger partial charge in [0, 0.05) is 27.5 Å². The molecular formula is C46H30N2O. The average Bonchev–Trinajstić information content (AvgIpc) is 3.57. The molecule has 0 bridgehead atoms. The molecule has 3 nitrogen and oxygen atoms in total. The van der Waals surface area contributed by atoms with Crippen molar-refractivity contribution in [1.29, 1.82) is 0 Å². The molecule has 49 heavy (non-hydrogen) atoms. The van der Waals surface area contributed by atoms with Gasteiger partial charge in [0.15, 0.2) is 5.82 Å². The number of para-hydroxylation sites is 1. The zero-order valence-corrected chi connectivity index (χ0v) is 26.6. The second kappa shape index (κ2) is 12.2. The standard InChI is InChI=1S/C46H30N2O/c1-4-14-31(15-5-1)35-26-36(34-24-25-45-41(29-34)40-22-12-13-23-44(40)49-45)28-37(27-35)42-30-43(48-46(47-42)33-18-8-3-9-19-33)39-21-11-10-20-38(39)32-16-6-2-7-17-32/h1-30H. The third kappa shape index (κ3) is 5.48. The summed E-state index contributed by atoms with van der Waals surface area (Å²) in [6, 6.07) is 63.3. The van der Waals surface area contributed by atoms with Crippen LogP contribution in [0.15, 0.2) is 186 Å². The predicted octanol–water partition coefficient (Wildman–Crippen LogP) is 12.4. The van der Waals surface area contributed by atoms with Crippen molar-refractivity contribution in [3.05, 3.63) is 182 Å². The summed E-state index contributed by atoms with van der Waals surface area (Å²) in [6.07, 6.45) is 0. The summed E-state index contributed by atoms with van der Waals surface area (Å²) >= 11 is 0. The Kier molecular flexibility index (Phi) is 7.14. The molecule has 3 heteroatoms. The molecule has 0 aliphatic heterocycles. The molecule has 2 aromatic heterocycles. The monoisotopic (exact) mass is 626 g/mol. The topological polar surface area (TPSA) is 38.9 Å². The van der Waals surface area contributed by atoms with Gasteiger partial charge in [-0.15, -0.1) is 0 Å². The summed E-state index contributed by atoms with van der Waals surface area (Å²) in [6.45, 7) is 0. The lowest BCUT2D eigenvalue weighted by atomic mass is 9.93. The lowest BCUT2D eigenvalue weighted by Crippen LogP contribution is -1.97. The summed E-state index contributed by atoms with van der Waals surface area (Å²) in [5.74, 6) is 0.689. The number of hydrogen-bond acceptors (Lipinski definition) is 3. The molecule has 0 unspecified atom stereocenters. The largest absolute Gasteiger partial charge is 0.456 e. The molecule has 0 aliphatic carbocycles. The van der Waals surface area contributed by atoms with Crippen LogP contribution >= 0.6 is 0 Å². The van der Waals surface area contributed by atoms with Crippen LogP contribution in [0.25, 0.3) is 89.2 Å². The van der Waals surface area contributed by atoms with Gasteiger partial charge >= 0.3 is 0 Å². The van der Waals surface area contributed by atoms with Crippen LogP contribution in [0.1, 0.15) is 0 Å². The smallest absolute Gasteiger partial charge is 0.160 e. The molecule has 230 valence electrons. The molecule has 0 saturated heterocycles. The van der Waals surface area contributed by atoms with Crippen LogP contribution < -0.4 is 0 Å². The van der Waals surface area contributed by atoms with E-state index in [2.05, 4.69) is 146 Å². The molecule has 0 amide bonds. The number of furan rings is 1. The zero-order valence-electron chi connectivity index (χ0n) is 26.6. The summed E-state index contributed by atoms with van der Waals surface area (Å²) in [5, 5.41) is 2.22. The maximum absolute atomic E-state index is 6.16. The van der Waals surface area contributed by atoms with Crippen molar-refractivity contribution < 1.29 is 4.42 Å². The summed E-state index contributed by atoms with van der Waals surface area (Å²) in [4.78, 5) is 10.4. The maximum Gasteiger partial charge on any atom is 0.160 e. The van der Waals surface area contributed by atoms with Gasteiger partial charge in [0.25, 0.3) is 0 Å². The van der Waals surface area contributed by atoms with Crippen molar-refractivity contribution in [3.8, 4) is 67.3 Å². The number of benzene rings is 7. The number of aromatic nitrogens is 2. The summed E-state index contributed by atoms with van der Waals surface area (Å²) < 4.78 is 6.16. The Labute approximate surface area is 284 Å². The predicted molar refractivity (Wildman–Crippen MR) is 202 cm³/mol. The van der Waals surface area contributed by atoms with Gasteiger partial charge in [-0.25, -0.2) is 9.97 Å². The minimum atomic E-state index is 0.689. The van der Waals surface area contributed by atoms with Crippen molar-refractivity contribution in [3.63, 3.8) is 0 Å². The highest BCUT2D eigenvalue weighted by atomic mass is 16.3. The van der Waals surface area contributed by atoms with Crippen LogP contribution in [0.5, 0.6) is 0 Å². The average molecular weight is 627 g/mol. The number of fused-ring (bicyclic) bond motifs is 3. The highest BCUT2D eigenvalue weighted by Crippen LogP contribution is 2.38. The molecule has 0 aliphatic rings. The Morgan fingerprint density at radius 1 is 0.306 bits per heavy atom. The summed E-state index contributed by atoms with van der Waals surface area (Å²) in [7, 11) is 0. The Bertz CT molecular complexity index is 2590. The van der Waals surface area contributed by atoms with Gasteiger partial charge in [-0.3, -0.25) is 0 Å². The Balaban J connectivity index is 1.27. The minimum Gasteiger partial charge on any atom is -0.456 e. The molecule has 9 aromatic rings. The molecule has 0 N–H and O–H groups in total. The molecule has 0 fully saturated rings. The first-order valence-corrected chi connectivity index (χ1v) is 16.5. The van der Waals surface area contributed by atoms with Gasteiger partial charge in [0.05, 0.1) is 11.4 Å². The van der Waals surface area contributed by atoms with Gasteiger partial charge in [0.2, 0.25) is 0 Å². The van der Waals surface area contributed by atoms with Crippen LogP contribution in [0.4, 0.5) is 0 Å². The fraction of sp³-hybridized carbons (Fsp3) is 0. The van der Waals surface area contributed by atoms with Crippen LogP contribution in [-0.4, -0.2) is 9.97 Å². The third-order valence-electron chi connectivity index (χ3n) is 9.09. The quantitative estimate of drug-likeness (QED) is 0.184. The van der Waals surface area contributed by atoms with E-state index in [1.165, 1.54) is 0 Å². The van der Waals surface area contributed by atoms with E-state index >= 15 is 0 Å². The van der Waals surface area contributed by atoms with Crippen molar-refractivity contribution in [2.45, 2.75) is 0 Å². The number of hydrogen-bond donors (Lipinski definition) is 0. The van der Waals surface area contributed by atoms with Crippen molar-refractivity contribution >= 4 is 21.9 Å². The molecule has 0 spiro atoms. The lowest BCUT2D eigenvalue weighted by Gasteiger charge is -2.15. The second-order valence-corrected chi connectivity index (χ2v) is 12.2. The van der Waals surface area contributed by atoms with E-state index in [9.17, 15) is 0 Å². The van der Waals surface area contributed by atoms with E-state index in [0.29, 0.717) is 5.82 Å². The van der Waals surface area contributed by atoms with Crippen LogP contribution in [-0.2, 0) is 0 Å². The van der Waals surface area contributed by atoms with E-state index in [4.69, 9.17) is 14.4 Å².